The number of fused-ring (bicyclic) bond motifs is 1. The third-order valence-corrected chi connectivity index (χ3v) is 5.03. The first-order valence-electron chi connectivity index (χ1n) is 8.76. The van der Waals surface area contributed by atoms with Crippen LogP contribution in [0.5, 0.6) is 0 Å². The molecular weight excluding hydrogens is 332 g/mol. The number of imide groups is 1. The van der Waals surface area contributed by atoms with Crippen LogP contribution in [-0.4, -0.2) is 40.4 Å². The van der Waals surface area contributed by atoms with E-state index in [2.05, 4.69) is 29.1 Å². The molecule has 2 aliphatic heterocycles. The maximum atomic E-state index is 13.0. The van der Waals surface area contributed by atoms with Crippen molar-refractivity contribution in [1.29, 1.82) is 0 Å². The van der Waals surface area contributed by atoms with Gasteiger partial charge >= 0.3 is 6.03 Å². The molecule has 7 heteroatoms. The Kier molecular flexibility index (Phi) is 3.99. The SMILES string of the molecule is CC[C@@H]1c2cccn2CCN1C(=O)c1ccc(N2CC(=O)NC2=O)cc1. The van der Waals surface area contributed by atoms with Crippen LogP contribution in [0.2, 0.25) is 0 Å². The first-order valence-corrected chi connectivity index (χ1v) is 8.76. The molecule has 0 radical (unpaired) electrons. The van der Waals surface area contributed by atoms with Gasteiger partial charge in [-0.2, -0.15) is 0 Å². The maximum Gasteiger partial charge on any atom is 0.329 e. The molecule has 1 aromatic carbocycles. The molecule has 3 heterocycles. The van der Waals surface area contributed by atoms with Crippen LogP contribution in [0.3, 0.4) is 0 Å². The zero-order chi connectivity index (χ0) is 18.3. The van der Waals surface area contributed by atoms with Crippen molar-refractivity contribution in [3.05, 3.63) is 53.9 Å². The zero-order valence-electron chi connectivity index (χ0n) is 14.5. The number of rotatable bonds is 3. The molecule has 0 aliphatic carbocycles. The van der Waals surface area contributed by atoms with E-state index in [9.17, 15) is 14.4 Å². The van der Waals surface area contributed by atoms with Gasteiger partial charge in [0.1, 0.15) is 6.54 Å². The number of nitrogens with one attached hydrogen (secondary N) is 1. The number of hydrogen-bond acceptors (Lipinski definition) is 3. The number of anilines is 1. The van der Waals surface area contributed by atoms with E-state index in [1.807, 2.05) is 11.0 Å². The molecule has 7 nitrogen and oxygen atoms in total. The second-order valence-corrected chi connectivity index (χ2v) is 6.54. The molecule has 1 aromatic heterocycles. The second-order valence-electron chi connectivity index (χ2n) is 6.54. The van der Waals surface area contributed by atoms with Crippen LogP contribution in [0, 0.1) is 0 Å². The normalized spacial score (nSPS) is 19.5. The van der Waals surface area contributed by atoms with Gasteiger partial charge in [-0.3, -0.25) is 19.8 Å². The molecular formula is C19H20N4O3. The fourth-order valence-corrected chi connectivity index (χ4v) is 3.74. The highest BCUT2D eigenvalue weighted by Gasteiger charge is 2.31. The predicted octanol–water partition coefficient (Wildman–Crippen LogP) is 2.15. The summed E-state index contributed by atoms with van der Waals surface area (Å²) in [6.07, 6.45) is 2.90. The number of carbonyl (C=O) groups excluding carboxylic acids is 3. The summed E-state index contributed by atoms with van der Waals surface area (Å²) in [7, 11) is 0. The minimum absolute atomic E-state index is 0.00709. The van der Waals surface area contributed by atoms with E-state index in [-0.39, 0.29) is 24.4 Å². The molecule has 1 N–H and O–H groups in total. The summed E-state index contributed by atoms with van der Waals surface area (Å²) in [5, 5.41) is 2.25. The summed E-state index contributed by atoms with van der Waals surface area (Å²) in [4.78, 5) is 39.4. The average molecular weight is 352 g/mol. The van der Waals surface area contributed by atoms with Crippen LogP contribution in [0.15, 0.2) is 42.6 Å². The van der Waals surface area contributed by atoms with Gasteiger partial charge in [-0.05, 0) is 42.8 Å². The first kappa shape index (κ1) is 16.4. The monoisotopic (exact) mass is 352 g/mol. The molecule has 0 unspecified atom stereocenters. The Morgan fingerprint density at radius 3 is 2.58 bits per heavy atom. The van der Waals surface area contributed by atoms with Crippen molar-refractivity contribution in [1.82, 2.24) is 14.8 Å². The summed E-state index contributed by atoms with van der Waals surface area (Å²) in [5.74, 6) is -0.338. The van der Waals surface area contributed by atoms with E-state index in [0.29, 0.717) is 17.8 Å². The Morgan fingerprint density at radius 2 is 1.92 bits per heavy atom. The number of hydrogen-bond donors (Lipinski definition) is 1. The van der Waals surface area contributed by atoms with E-state index < -0.39 is 6.03 Å². The lowest BCUT2D eigenvalue weighted by Gasteiger charge is -2.36. The molecule has 1 fully saturated rings. The third-order valence-electron chi connectivity index (χ3n) is 5.03. The summed E-state index contributed by atoms with van der Waals surface area (Å²) in [6.45, 7) is 3.55. The molecule has 2 aliphatic rings. The third kappa shape index (κ3) is 2.65. The Morgan fingerprint density at radius 1 is 1.15 bits per heavy atom. The topological polar surface area (TPSA) is 74.7 Å². The minimum Gasteiger partial charge on any atom is -0.348 e. The summed E-state index contributed by atoms with van der Waals surface area (Å²) in [6, 6.07) is 10.6. The highest BCUT2D eigenvalue weighted by molar-refractivity contribution is 6.12. The van der Waals surface area contributed by atoms with Crippen LogP contribution in [-0.2, 0) is 11.3 Å². The van der Waals surface area contributed by atoms with E-state index in [0.717, 1.165) is 18.7 Å². The summed E-state index contributed by atoms with van der Waals surface area (Å²) < 4.78 is 2.20. The molecule has 26 heavy (non-hydrogen) atoms. The smallest absolute Gasteiger partial charge is 0.329 e. The Hall–Kier alpha value is -3.09. The van der Waals surface area contributed by atoms with Crippen LogP contribution < -0.4 is 10.2 Å². The Bertz CT molecular complexity index is 871. The first-order chi connectivity index (χ1) is 12.6. The highest BCUT2D eigenvalue weighted by atomic mass is 16.2. The van der Waals surface area contributed by atoms with Gasteiger partial charge in [0, 0.05) is 36.2 Å². The van der Waals surface area contributed by atoms with Gasteiger partial charge in [0.05, 0.1) is 6.04 Å². The number of urea groups is 1. The lowest BCUT2D eigenvalue weighted by Crippen LogP contribution is -2.41. The Labute approximate surface area is 151 Å². The predicted molar refractivity (Wildman–Crippen MR) is 95.8 cm³/mol. The van der Waals surface area contributed by atoms with Crippen LogP contribution in [0.25, 0.3) is 0 Å². The molecule has 4 rings (SSSR count). The molecule has 1 saturated heterocycles. The molecule has 1 atom stereocenters. The minimum atomic E-state index is -0.433. The molecule has 4 amide bonds. The van der Waals surface area contributed by atoms with Gasteiger partial charge in [-0.1, -0.05) is 6.92 Å². The standard InChI is InChI=1S/C19H20N4O3/c1-2-15-16-4-3-9-21(16)10-11-22(15)18(25)13-5-7-14(8-6-13)23-12-17(24)20-19(23)26/h3-9,15H,2,10-12H2,1H3,(H,20,24,26)/t15-/m1/s1. The second kappa shape index (κ2) is 6.33. The lowest BCUT2D eigenvalue weighted by molar-refractivity contribution is -0.117. The number of aromatic nitrogens is 1. The summed E-state index contributed by atoms with van der Waals surface area (Å²) >= 11 is 0. The highest BCUT2D eigenvalue weighted by Crippen LogP contribution is 2.30. The van der Waals surface area contributed by atoms with Crippen molar-refractivity contribution < 1.29 is 14.4 Å². The van der Waals surface area contributed by atoms with Gasteiger partial charge in [0.2, 0.25) is 5.91 Å². The van der Waals surface area contributed by atoms with Gasteiger partial charge in [0.25, 0.3) is 5.91 Å². The van der Waals surface area contributed by atoms with Crippen molar-refractivity contribution in [2.75, 3.05) is 18.0 Å². The fourth-order valence-electron chi connectivity index (χ4n) is 3.74. The lowest BCUT2D eigenvalue weighted by atomic mass is 10.0. The average Bonchev–Trinajstić information content (AvgIpc) is 3.26. The quantitative estimate of drug-likeness (QED) is 0.860. The van der Waals surface area contributed by atoms with E-state index >= 15 is 0 Å². The van der Waals surface area contributed by atoms with Gasteiger partial charge in [-0.25, -0.2) is 4.79 Å². The number of benzene rings is 1. The number of amides is 4. The van der Waals surface area contributed by atoms with E-state index in [4.69, 9.17) is 0 Å². The molecule has 0 bridgehead atoms. The Balaban J connectivity index is 1.55. The molecule has 0 saturated carbocycles. The molecule has 0 spiro atoms. The van der Waals surface area contributed by atoms with E-state index in [1.54, 1.807) is 24.3 Å². The zero-order valence-corrected chi connectivity index (χ0v) is 14.5. The van der Waals surface area contributed by atoms with Crippen molar-refractivity contribution in [3.8, 4) is 0 Å². The van der Waals surface area contributed by atoms with Gasteiger partial charge in [-0.15, -0.1) is 0 Å². The molecule has 2 aromatic rings. The van der Waals surface area contributed by atoms with Crippen LogP contribution >= 0.6 is 0 Å². The van der Waals surface area contributed by atoms with Gasteiger partial charge < -0.3 is 9.47 Å². The maximum absolute atomic E-state index is 13.0. The summed E-state index contributed by atoms with van der Waals surface area (Å²) in [5.41, 5.74) is 2.35. The van der Waals surface area contributed by atoms with Crippen molar-refractivity contribution in [3.63, 3.8) is 0 Å². The number of carbonyl (C=O) groups is 3. The van der Waals surface area contributed by atoms with E-state index in [1.165, 1.54) is 4.90 Å². The number of nitrogens with zero attached hydrogens (tertiary/aromatic N) is 3. The van der Waals surface area contributed by atoms with Crippen molar-refractivity contribution >= 4 is 23.5 Å². The van der Waals surface area contributed by atoms with Crippen LogP contribution in [0.1, 0.15) is 35.4 Å². The van der Waals surface area contributed by atoms with Crippen molar-refractivity contribution in [2.45, 2.75) is 25.9 Å². The fraction of sp³-hybridized carbons (Fsp3) is 0.316. The van der Waals surface area contributed by atoms with Crippen molar-refractivity contribution in [2.24, 2.45) is 0 Å². The molecule has 134 valence electrons. The van der Waals surface area contributed by atoms with Crippen LogP contribution in [0.4, 0.5) is 10.5 Å². The van der Waals surface area contributed by atoms with Gasteiger partial charge in [0.15, 0.2) is 0 Å². The largest absolute Gasteiger partial charge is 0.348 e.